The van der Waals surface area contributed by atoms with E-state index in [2.05, 4.69) is 55.2 Å². The normalized spacial score (nSPS) is 15.9. The highest BCUT2D eigenvalue weighted by Gasteiger charge is 2.45. The van der Waals surface area contributed by atoms with E-state index in [4.69, 9.17) is 24.7 Å². The van der Waals surface area contributed by atoms with Crippen LogP contribution in [0, 0.1) is 49.4 Å². The van der Waals surface area contributed by atoms with Crippen LogP contribution in [0.3, 0.4) is 0 Å². The highest BCUT2D eigenvalue weighted by atomic mass is 32.2. The van der Waals surface area contributed by atoms with E-state index in [1.807, 2.05) is 19.9 Å². The molecule has 5 aromatic rings. The number of hydrogen-bond donors (Lipinski definition) is 11. The number of Topliss-reactive ketones (excluding diaryl/α,β-unsaturated/α-hetero) is 1. The Kier molecular flexibility index (Phi) is 42.3. The largest absolute Gasteiger partial charge is 0.445 e. The number of methoxy groups -OCH3 is 2. The number of rotatable bonds is 51. The van der Waals surface area contributed by atoms with Crippen LogP contribution in [-0.4, -0.2) is 238 Å². The lowest BCUT2D eigenvalue weighted by Gasteiger charge is -2.41. The average Bonchev–Trinajstić information content (AvgIpc) is 1.00. The number of urea groups is 1. The fourth-order valence-corrected chi connectivity index (χ4v) is 19.3. The Hall–Kier alpha value is -10.4. The van der Waals surface area contributed by atoms with Crippen LogP contribution in [-0.2, 0) is 83.6 Å². The number of ether oxygens (including phenoxy) is 4. The minimum atomic E-state index is -4.25. The third-order valence-corrected chi connectivity index (χ3v) is 27.7. The van der Waals surface area contributed by atoms with Gasteiger partial charge in [0.05, 0.1) is 82.6 Å². The van der Waals surface area contributed by atoms with Crippen molar-refractivity contribution in [1.82, 2.24) is 51.9 Å². The summed E-state index contributed by atoms with van der Waals surface area (Å²) in [5, 5.41) is 33.2. The number of likely N-dealkylation sites (tertiary alicyclic amines) is 1. The molecule has 1 fully saturated rings. The van der Waals surface area contributed by atoms with Crippen molar-refractivity contribution in [2.24, 2.45) is 41.2 Å². The van der Waals surface area contributed by atoms with E-state index in [0.29, 0.717) is 36.9 Å². The van der Waals surface area contributed by atoms with Crippen LogP contribution in [0.5, 0.6) is 0 Å². The first kappa shape index (κ1) is 110. The molecule has 0 bridgehead atoms. The number of amides is 12. The van der Waals surface area contributed by atoms with Crippen molar-refractivity contribution < 1.29 is 98.4 Å². The standard InChI is InChI=1S/C96H140N12O21S3/c1-21-62(10)82(76(126-19)53-78(110)108-51-26-30-75(108)85(127-20)63(11)86(113)99-64(12)83(111)66-27-23-22-24-28-66)106(17)92(119)80(58(4)5)104-91(118)81(59(6)7)107(18)94(121)128-54-65-35-41-70(42-36-65)100-88(115)73(29-25-50-98-93(97)120)102-90(117)79(57(2)3)103-77(109)48-47-74(89(116)105-95(13,14)49-52-129-96(15,16)130)101-87(114)68-39-37-67(38-40-68)84(112)69(55-131(122,123)71-43-31-60(8)32-44-71)56-132(124,125)72-45-33-61(9)34-46-72/h22-24,27-28,31-46,57-59,62-64,69,73-76,79-83,85,111,130H,21,25-26,29-30,47-56H2,1-20H3,(H,99,113)(H,100,115)(H,101,114)(H,102,117)(H,103,109)(H,104,118)(H,105,116)(H3,97,98,120)/t62-,63+,64+,73-,74-,75-,76+,79?,80-,81?,82-,83+,85+/m0/s1. The number of sulfone groups is 2. The number of anilines is 1. The van der Waals surface area contributed by atoms with Crippen LogP contribution in [0.15, 0.2) is 137 Å². The first-order valence-corrected chi connectivity index (χ1v) is 48.7. The van der Waals surface area contributed by atoms with Gasteiger partial charge in [0.1, 0.15) is 41.7 Å². The van der Waals surface area contributed by atoms with E-state index < -0.39 is 204 Å². The van der Waals surface area contributed by atoms with Crippen LogP contribution >= 0.6 is 12.6 Å². The molecule has 36 heteroatoms. The maximum absolute atomic E-state index is 15.0. The van der Waals surface area contributed by atoms with Crippen molar-refractivity contribution in [3.05, 3.63) is 161 Å². The monoisotopic (exact) mass is 1890 g/mol. The Balaban J connectivity index is 1.10. The summed E-state index contributed by atoms with van der Waals surface area (Å²) in [6.45, 7) is 28.4. The lowest BCUT2D eigenvalue weighted by molar-refractivity contribution is -0.148. The fraction of sp³-hybridized carbons (Fsp3) is 0.562. The van der Waals surface area contributed by atoms with E-state index in [0.717, 1.165) is 16.0 Å². The molecule has 1 saturated heterocycles. The molecule has 0 radical (unpaired) electrons. The highest BCUT2D eigenvalue weighted by molar-refractivity contribution is 7.92. The summed E-state index contributed by atoms with van der Waals surface area (Å²) in [5.74, 6) is -12.1. The smallest absolute Gasteiger partial charge is 0.410 e. The van der Waals surface area contributed by atoms with Crippen molar-refractivity contribution >= 4 is 109 Å². The van der Waals surface area contributed by atoms with Gasteiger partial charge in [-0.3, -0.25) is 52.8 Å². The predicted molar refractivity (Wildman–Crippen MR) is 506 cm³/mol. The summed E-state index contributed by atoms with van der Waals surface area (Å²) in [7, 11) is -2.48. The molecular weight excluding hydrogens is 1750 g/mol. The molecule has 0 spiro atoms. The third kappa shape index (κ3) is 33.1. The molecule has 132 heavy (non-hydrogen) atoms. The second kappa shape index (κ2) is 50.6. The van der Waals surface area contributed by atoms with Gasteiger partial charge >= 0.3 is 12.1 Å². The number of thiol groups is 1. The second-order valence-electron chi connectivity index (χ2n) is 36.6. The number of carbonyl (C=O) groups is 12. The molecule has 13 atom stereocenters. The summed E-state index contributed by atoms with van der Waals surface area (Å²) in [5.41, 5.74) is 7.09. The Bertz CT molecular complexity index is 4870. The number of nitrogens with zero attached hydrogens (tertiary/aromatic N) is 3. The molecule has 11 N–H and O–H groups in total. The highest BCUT2D eigenvalue weighted by Crippen LogP contribution is 2.32. The van der Waals surface area contributed by atoms with E-state index in [9.17, 15) is 79.5 Å². The molecule has 6 rings (SSSR count). The lowest BCUT2D eigenvalue weighted by Crippen LogP contribution is -2.60. The third-order valence-electron chi connectivity index (χ3n) is 23.9. The number of primary amides is 1. The molecule has 1 heterocycles. The number of hydrogen-bond acceptors (Lipinski definition) is 22. The Morgan fingerprint density at radius 3 is 1.71 bits per heavy atom. The second-order valence-corrected chi connectivity index (χ2v) is 41.8. The van der Waals surface area contributed by atoms with Gasteiger partial charge in [-0.1, -0.05) is 159 Å². The summed E-state index contributed by atoms with van der Waals surface area (Å²) in [6.07, 6.45) is -2.10. The molecular formula is C96H140N12O21S3. The topological polar surface area (TPSA) is 462 Å². The lowest BCUT2D eigenvalue weighted by atomic mass is 9.89. The quantitative estimate of drug-likeness (QED) is 0.00746. The van der Waals surface area contributed by atoms with Crippen LogP contribution in [0.4, 0.5) is 15.3 Å². The first-order valence-electron chi connectivity index (χ1n) is 44.9. The van der Waals surface area contributed by atoms with Gasteiger partial charge in [-0.2, -0.15) is 0 Å². The number of likely N-dealkylation sites (N-methyl/N-ethyl adjacent to an activating group) is 2. The summed E-state index contributed by atoms with van der Waals surface area (Å²) in [6, 6.07) is 23.1. The summed E-state index contributed by atoms with van der Waals surface area (Å²) in [4.78, 5) is 173. The number of aryl methyl sites for hydroxylation is 2. The molecule has 0 aromatic heterocycles. The van der Waals surface area contributed by atoms with Gasteiger partial charge in [0.15, 0.2) is 25.5 Å². The van der Waals surface area contributed by atoms with Gasteiger partial charge in [0, 0.05) is 70.2 Å². The van der Waals surface area contributed by atoms with Crippen molar-refractivity contribution in [2.75, 3.05) is 64.8 Å². The van der Waals surface area contributed by atoms with Crippen molar-refractivity contribution in [3.63, 3.8) is 0 Å². The molecule has 0 aliphatic carbocycles. The molecule has 0 saturated carbocycles. The van der Waals surface area contributed by atoms with Gasteiger partial charge in [0.2, 0.25) is 47.3 Å². The van der Waals surface area contributed by atoms with Gasteiger partial charge < -0.3 is 82.1 Å². The fourth-order valence-electron chi connectivity index (χ4n) is 15.9. The van der Waals surface area contributed by atoms with Crippen molar-refractivity contribution in [1.29, 1.82) is 0 Å². The Morgan fingerprint density at radius 2 is 1.19 bits per heavy atom. The van der Waals surface area contributed by atoms with E-state index >= 15 is 0 Å². The van der Waals surface area contributed by atoms with E-state index in [1.54, 1.807) is 170 Å². The molecule has 33 nitrogen and oxygen atoms in total. The SMILES string of the molecule is CC[C@H](C)[C@@H]([C@@H](CC(=O)N1CCC[C@H]1[C@H](OC)[C@@H](C)C(=O)N[C@H](C)[C@@H](O)c1ccccc1)OC)N(C)C(=O)[C@@H](NC(=O)C(C(C)C)N(C)C(=O)OCc1ccc(NC(=O)[C@H](CCCNC(N)=O)NC(=O)C(NC(=O)CC[C@H](NC(=O)c2ccc(C(=O)C(CS(=O)(=O)c3ccc(C)cc3)CS(=O)(=O)c3ccc(C)cc3)cc2)C(=O)NC(C)(C)CCOC(C)(C)S)C(C)C)cc1)C(C)C. The number of aliphatic hydroxyl groups is 1. The van der Waals surface area contributed by atoms with Crippen LogP contribution < -0.4 is 48.3 Å². The van der Waals surface area contributed by atoms with Gasteiger partial charge in [-0.05, 0) is 170 Å². The van der Waals surface area contributed by atoms with Crippen molar-refractivity contribution in [2.45, 2.75) is 262 Å². The number of nitrogens with two attached hydrogens (primary N) is 1. The number of benzene rings is 5. The summed E-state index contributed by atoms with van der Waals surface area (Å²) < 4.78 is 79.2. The van der Waals surface area contributed by atoms with Crippen LogP contribution in [0.2, 0.25) is 0 Å². The number of carbonyl (C=O) groups excluding carboxylic acids is 12. The minimum Gasteiger partial charge on any atom is -0.445 e. The molecule has 5 aromatic carbocycles. The van der Waals surface area contributed by atoms with E-state index in [1.165, 1.54) is 86.8 Å². The predicted octanol–water partition coefficient (Wildman–Crippen LogP) is 9.50. The zero-order valence-corrected chi connectivity index (χ0v) is 82.4. The Morgan fingerprint density at radius 1 is 0.629 bits per heavy atom. The molecule has 1 aliphatic rings. The molecule has 1 aliphatic heterocycles. The zero-order chi connectivity index (χ0) is 98.6. The van der Waals surface area contributed by atoms with Gasteiger partial charge in [-0.15, -0.1) is 12.6 Å². The zero-order valence-electron chi connectivity index (χ0n) is 79.8. The maximum atomic E-state index is 15.0. The van der Waals surface area contributed by atoms with Crippen molar-refractivity contribution in [3.8, 4) is 0 Å². The van der Waals surface area contributed by atoms with Crippen LogP contribution in [0.25, 0.3) is 0 Å². The number of ketones is 1. The first-order chi connectivity index (χ1) is 61.8. The maximum Gasteiger partial charge on any atom is 0.410 e. The van der Waals surface area contributed by atoms with Gasteiger partial charge in [-0.25, -0.2) is 26.4 Å². The number of aliphatic hydroxyl groups excluding tert-OH is 1. The van der Waals surface area contributed by atoms with E-state index in [-0.39, 0.29) is 96.2 Å². The summed E-state index contributed by atoms with van der Waals surface area (Å²) >= 11 is 4.43. The molecule has 12 amide bonds. The molecule has 2 unspecified atom stereocenters. The van der Waals surface area contributed by atoms with Gasteiger partial charge in [0.25, 0.3) is 5.91 Å². The average molecular weight is 1890 g/mol. The number of nitrogens with one attached hydrogen (secondary N) is 8. The molecule has 728 valence electrons. The Labute approximate surface area is 783 Å². The van der Waals surface area contributed by atoms with Crippen LogP contribution in [0.1, 0.15) is 204 Å². The minimum absolute atomic E-state index is 0.0124.